The summed E-state index contributed by atoms with van der Waals surface area (Å²) in [4.78, 5) is 35.5. The second-order valence-electron chi connectivity index (χ2n) is 9.11. The molecule has 1 saturated heterocycles. The Bertz CT molecular complexity index is 1360. The van der Waals surface area contributed by atoms with E-state index in [1.807, 2.05) is 29.2 Å². The van der Waals surface area contributed by atoms with Gasteiger partial charge < -0.3 is 15.0 Å². The summed E-state index contributed by atoms with van der Waals surface area (Å²) in [5.74, 6) is 1.16. The van der Waals surface area contributed by atoms with Crippen molar-refractivity contribution in [3.63, 3.8) is 0 Å². The number of anilines is 2. The van der Waals surface area contributed by atoms with E-state index in [1.165, 1.54) is 11.8 Å². The van der Waals surface area contributed by atoms with Gasteiger partial charge in [-0.3, -0.25) is 9.59 Å². The fourth-order valence-corrected chi connectivity index (χ4v) is 4.92. The van der Waals surface area contributed by atoms with E-state index in [0.717, 1.165) is 42.7 Å². The molecule has 1 fully saturated rings. The Morgan fingerprint density at radius 3 is 2.61 bits per heavy atom. The van der Waals surface area contributed by atoms with Gasteiger partial charge in [0.1, 0.15) is 5.82 Å². The first-order valence-electron chi connectivity index (χ1n) is 12.0. The van der Waals surface area contributed by atoms with Crippen LogP contribution in [0, 0.1) is 6.92 Å². The van der Waals surface area contributed by atoms with Crippen LogP contribution >= 0.6 is 0 Å². The maximum Gasteiger partial charge on any atom is 0.281 e. The third-order valence-electron chi connectivity index (χ3n) is 6.82. The second kappa shape index (κ2) is 9.81. The van der Waals surface area contributed by atoms with E-state index in [4.69, 9.17) is 9.72 Å². The Kier molecular flexibility index (Phi) is 6.41. The number of nitrogens with one attached hydrogen (secondary N) is 1. The highest BCUT2D eigenvalue weighted by atomic mass is 16.5. The third kappa shape index (κ3) is 4.66. The number of benzene rings is 1. The van der Waals surface area contributed by atoms with Crippen LogP contribution in [0.25, 0.3) is 17.5 Å². The van der Waals surface area contributed by atoms with E-state index in [1.54, 1.807) is 26.2 Å². The van der Waals surface area contributed by atoms with E-state index in [-0.39, 0.29) is 11.8 Å². The summed E-state index contributed by atoms with van der Waals surface area (Å²) in [6.45, 7) is 5.31. The number of pyridine rings is 2. The molecule has 8 heteroatoms. The van der Waals surface area contributed by atoms with Gasteiger partial charge in [-0.2, -0.15) is 0 Å². The molecule has 1 aromatic carbocycles. The second-order valence-corrected chi connectivity index (χ2v) is 9.11. The molecule has 0 saturated carbocycles. The van der Waals surface area contributed by atoms with Crippen LogP contribution in [0.15, 0.2) is 48.7 Å². The first kappa shape index (κ1) is 23.5. The van der Waals surface area contributed by atoms with Crippen molar-refractivity contribution >= 4 is 29.4 Å². The summed E-state index contributed by atoms with van der Waals surface area (Å²) in [6, 6.07) is 13.6. The number of amides is 2. The minimum absolute atomic E-state index is 0.142. The lowest BCUT2D eigenvalue weighted by molar-refractivity contribution is -0.129. The minimum atomic E-state index is -0.335. The summed E-state index contributed by atoms with van der Waals surface area (Å²) >= 11 is 0. The van der Waals surface area contributed by atoms with Crippen molar-refractivity contribution in [2.24, 2.45) is 0 Å². The molecule has 3 aromatic rings. The van der Waals surface area contributed by atoms with Gasteiger partial charge in [0, 0.05) is 38.0 Å². The van der Waals surface area contributed by atoms with Gasteiger partial charge in [0.05, 0.1) is 24.1 Å². The maximum absolute atomic E-state index is 12.7. The van der Waals surface area contributed by atoms with Gasteiger partial charge >= 0.3 is 0 Å². The fourth-order valence-electron chi connectivity index (χ4n) is 4.92. The highest BCUT2D eigenvalue weighted by Gasteiger charge is 2.25. The Morgan fingerprint density at radius 1 is 1.08 bits per heavy atom. The number of fused-ring (bicyclic) bond motifs is 1. The Balaban J connectivity index is 1.45. The predicted octanol–water partition coefficient (Wildman–Crippen LogP) is 4.66. The molecule has 8 nitrogen and oxygen atoms in total. The summed E-state index contributed by atoms with van der Waals surface area (Å²) in [5, 5.41) is 7.31. The van der Waals surface area contributed by atoms with E-state index >= 15 is 0 Å². The van der Waals surface area contributed by atoms with Crippen molar-refractivity contribution in [2.75, 3.05) is 25.5 Å². The number of aromatic nitrogens is 2. The minimum Gasteiger partial charge on any atom is -0.481 e. The first-order chi connectivity index (χ1) is 17.4. The molecular formula is C28H28N5O3. The van der Waals surface area contributed by atoms with Gasteiger partial charge in [-0.25, -0.2) is 15.3 Å². The summed E-state index contributed by atoms with van der Waals surface area (Å²) in [5.41, 5.74) is 5.73. The van der Waals surface area contributed by atoms with E-state index in [9.17, 15) is 9.59 Å². The maximum atomic E-state index is 12.7. The molecule has 4 heterocycles. The van der Waals surface area contributed by atoms with Gasteiger partial charge in [-0.15, -0.1) is 0 Å². The highest BCUT2D eigenvalue weighted by Crippen LogP contribution is 2.34. The molecule has 2 amide bonds. The van der Waals surface area contributed by atoms with E-state index < -0.39 is 0 Å². The first-order valence-corrected chi connectivity index (χ1v) is 12.0. The number of likely N-dealkylation sites (tertiary alicyclic amines) is 1. The summed E-state index contributed by atoms with van der Waals surface area (Å²) < 4.78 is 5.27. The quantitative estimate of drug-likeness (QED) is 0.568. The molecule has 183 valence electrons. The number of rotatable bonds is 5. The molecule has 2 aliphatic rings. The van der Waals surface area contributed by atoms with Crippen molar-refractivity contribution in [1.82, 2.24) is 20.2 Å². The van der Waals surface area contributed by atoms with Crippen molar-refractivity contribution in [1.29, 1.82) is 0 Å². The molecule has 5 rings (SSSR count). The molecule has 1 N–H and O–H groups in total. The molecule has 2 aromatic heterocycles. The van der Waals surface area contributed by atoms with Gasteiger partial charge in [0.25, 0.3) is 5.91 Å². The number of aryl methyl sites for hydroxylation is 1. The van der Waals surface area contributed by atoms with Crippen LogP contribution in [0.2, 0.25) is 0 Å². The zero-order chi connectivity index (χ0) is 25.2. The lowest BCUT2D eigenvalue weighted by Crippen LogP contribution is -2.36. The summed E-state index contributed by atoms with van der Waals surface area (Å²) in [7, 11) is 1.57. The number of hydrogen-bond acceptors (Lipinski definition) is 6. The number of carbonyl (C=O) groups excluding carboxylic acids is 2. The number of methoxy groups -OCH3 is 1. The number of hydrogen-bond donors (Lipinski definition) is 1. The van der Waals surface area contributed by atoms with Crippen LogP contribution in [0.4, 0.5) is 11.5 Å². The predicted molar refractivity (Wildman–Crippen MR) is 138 cm³/mol. The molecule has 2 aliphatic heterocycles. The Labute approximate surface area is 210 Å². The van der Waals surface area contributed by atoms with Crippen LogP contribution in [-0.4, -0.2) is 46.9 Å². The van der Waals surface area contributed by atoms with Gasteiger partial charge in [0.2, 0.25) is 11.8 Å². The van der Waals surface area contributed by atoms with Crippen LogP contribution in [-0.2, 0) is 4.79 Å². The van der Waals surface area contributed by atoms with Crippen LogP contribution in [0.3, 0.4) is 0 Å². The average molecular weight is 483 g/mol. The van der Waals surface area contributed by atoms with Crippen LogP contribution in [0.1, 0.15) is 52.7 Å². The molecular weight excluding hydrogens is 454 g/mol. The van der Waals surface area contributed by atoms with Crippen molar-refractivity contribution in [2.45, 2.75) is 32.6 Å². The van der Waals surface area contributed by atoms with Crippen LogP contribution < -0.4 is 15.4 Å². The molecule has 0 spiro atoms. The van der Waals surface area contributed by atoms with Gasteiger partial charge in [0.15, 0.2) is 0 Å². The van der Waals surface area contributed by atoms with Crippen molar-refractivity contribution in [3.8, 4) is 17.3 Å². The number of carbonyl (C=O) groups is 2. The smallest absolute Gasteiger partial charge is 0.281 e. The molecule has 0 aliphatic carbocycles. The zero-order valence-electron chi connectivity index (χ0n) is 20.6. The Morgan fingerprint density at radius 2 is 1.89 bits per heavy atom. The molecule has 0 bridgehead atoms. The van der Waals surface area contributed by atoms with Crippen molar-refractivity contribution < 1.29 is 14.3 Å². The third-order valence-corrected chi connectivity index (χ3v) is 6.82. The van der Waals surface area contributed by atoms with Crippen molar-refractivity contribution in [3.05, 3.63) is 70.9 Å². The molecule has 36 heavy (non-hydrogen) atoms. The van der Waals surface area contributed by atoms with Gasteiger partial charge in [-0.05, 0) is 72.7 Å². The fraction of sp³-hybridized carbons (Fsp3) is 0.286. The molecule has 1 radical (unpaired) electrons. The van der Waals surface area contributed by atoms with E-state index in [2.05, 4.69) is 34.7 Å². The van der Waals surface area contributed by atoms with Gasteiger partial charge in [-0.1, -0.05) is 12.1 Å². The molecule has 0 unspecified atom stereocenters. The average Bonchev–Trinajstić information content (AvgIpc) is 2.89. The SMILES string of the molecule is COc1cccc(-c2cc3c(c(Nc4ccc(C5CCN(C(C)=O)CC5)c(C)c4)n2)C(=O)[N]C=C3)n1. The summed E-state index contributed by atoms with van der Waals surface area (Å²) in [6.07, 6.45) is 5.23. The zero-order valence-corrected chi connectivity index (χ0v) is 20.6. The monoisotopic (exact) mass is 482 g/mol. The molecule has 0 atom stereocenters. The largest absolute Gasteiger partial charge is 0.481 e. The van der Waals surface area contributed by atoms with Crippen LogP contribution in [0.5, 0.6) is 5.88 Å². The number of nitrogens with zero attached hydrogens (tertiary/aromatic N) is 4. The normalized spacial score (nSPS) is 15.3. The lowest BCUT2D eigenvalue weighted by atomic mass is 9.86. The Hall–Kier alpha value is -4.20. The lowest BCUT2D eigenvalue weighted by Gasteiger charge is -2.32. The highest BCUT2D eigenvalue weighted by molar-refractivity contribution is 6.05. The topological polar surface area (TPSA) is 98.5 Å². The number of piperidine rings is 1. The van der Waals surface area contributed by atoms with E-state index in [0.29, 0.717) is 34.6 Å². The standard InChI is InChI=1S/C28H28N5O3/c1-17-15-21(7-8-22(17)19-10-13-33(14-11-19)18(2)34)30-27-26-20(9-12-29-28(26)35)16-24(32-27)23-5-4-6-25(31-23)36-3/h4-9,12,15-16,19H,10-11,13-14H2,1-3H3,(H,30,32). The number of ether oxygens (including phenoxy) is 1.